The fraction of sp³-hybridized carbons (Fsp3) is 1.00. The SMILES string of the molecule is CN1CCCC1N1CCCNCC1. The second kappa shape index (κ2) is 4.40. The molecule has 0 aliphatic carbocycles. The third kappa shape index (κ3) is 2.22. The Hall–Kier alpha value is -0.120. The average Bonchev–Trinajstić information content (AvgIpc) is 2.43. The molecule has 1 N–H and O–H groups in total. The van der Waals surface area contributed by atoms with E-state index in [1.54, 1.807) is 0 Å². The molecule has 2 fully saturated rings. The maximum atomic E-state index is 3.46. The van der Waals surface area contributed by atoms with Gasteiger partial charge in [-0.05, 0) is 39.4 Å². The molecule has 0 aromatic carbocycles. The molecule has 0 spiro atoms. The summed E-state index contributed by atoms with van der Waals surface area (Å²) in [6, 6.07) is 0. The fourth-order valence-corrected chi connectivity index (χ4v) is 2.52. The Balaban J connectivity index is 1.89. The number of nitrogens with zero attached hydrogens (tertiary/aromatic N) is 2. The molecule has 3 nitrogen and oxygen atoms in total. The monoisotopic (exact) mass is 183 g/mol. The summed E-state index contributed by atoms with van der Waals surface area (Å²) in [5.74, 6) is 0. The highest BCUT2D eigenvalue weighted by Gasteiger charge is 2.26. The van der Waals surface area contributed by atoms with Crippen LogP contribution >= 0.6 is 0 Å². The number of likely N-dealkylation sites (tertiary alicyclic amines) is 1. The molecule has 0 saturated carbocycles. The minimum Gasteiger partial charge on any atom is -0.315 e. The largest absolute Gasteiger partial charge is 0.315 e. The zero-order valence-corrected chi connectivity index (χ0v) is 8.63. The predicted octanol–water partition coefficient (Wildman–Crippen LogP) is 0.333. The maximum Gasteiger partial charge on any atom is 0.0620 e. The summed E-state index contributed by atoms with van der Waals surface area (Å²) in [6.45, 7) is 6.17. The second-order valence-electron chi connectivity index (χ2n) is 4.24. The Morgan fingerprint density at radius 1 is 1.08 bits per heavy atom. The lowest BCUT2D eigenvalue weighted by Gasteiger charge is -2.31. The molecule has 2 aliphatic heterocycles. The molecule has 0 radical (unpaired) electrons. The van der Waals surface area contributed by atoms with E-state index < -0.39 is 0 Å². The summed E-state index contributed by atoms with van der Waals surface area (Å²) in [6.07, 6.45) is 4.80. The van der Waals surface area contributed by atoms with Crippen molar-refractivity contribution < 1.29 is 0 Å². The van der Waals surface area contributed by atoms with Gasteiger partial charge in [0, 0.05) is 19.6 Å². The van der Waals surface area contributed by atoms with Gasteiger partial charge in [-0.15, -0.1) is 0 Å². The third-order valence-corrected chi connectivity index (χ3v) is 3.28. The van der Waals surface area contributed by atoms with Gasteiger partial charge in [-0.25, -0.2) is 0 Å². The van der Waals surface area contributed by atoms with Gasteiger partial charge in [0.1, 0.15) is 0 Å². The first kappa shape index (κ1) is 9.44. The first-order valence-electron chi connectivity index (χ1n) is 5.53. The highest BCUT2D eigenvalue weighted by atomic mass is 15.4. The third-order valence-electron chi connectivity index (χ3n) is 3.28. The lowest BCUT2D eigenvalue weighted by Crippen LogP contribution is -2.44. The first-order chi connectivity index (χ1) is 6.38. The fourth-order valence-electron chi connectivity index (χ4n) is 2.52. The van der Waals surface area contributed by atoms with Crippen molar-refractivity contribution in [2.24, 2.45) is 0 Å². The topological polar surface area (TPSA) is 18.5 Å². The standard InChI is InChI=1S/C10H21N3/c1-12-7-2-4-10(12)13-8-3-5-11-6-9-13/h10-11H,2-9H2,1H3. The minimum atomic E-state index is 0.736. The van der Waals surface area contributed by atoms with E-state index in [1.807, 2.05) is 0 Å². The van der Waals surface area contributed by atoms with Gasteiger partial charge >= 0.3 is 0 Å². The van der Waals surface area contributed by atoms with Crippen LogP contribution in [0.1, 0.15) is 19.3 Å². The maximum absolute atomic E-state index is 3.46. The molecule has 76 valence electrons. The molecule has 0 aromatic rings. The highest BCUT2D eigenvalue weighted by molar-refractivity contribution is 4.79. The predicted molar refractivity (Wildman–Crippen MR) is 54.7 cm³/mol. The summed E-state index contributed by atoms with van der Waals surface area (Å²) in [5.41, 5.74) is 0. The number of rotatable bonds is 1. The van der Waals surface area contributed by atoms with Crippen LogP contribution in [0.5, 0.6) is 0 Å². The molecule has 2 aliphatic rings. The zero-order valence-electron chi connectivity index (χ0n) is 8.63. The number of hydrogen-bond donors (Lipinski definition) is 1. The highest BCUT2D eigenvalue weighted by Crippen LogP contribution is 2.19. The van der Waals surface area contributed by atoms with Crippen LogP contribution in [0.15, 0.2) is 0 Å². The van der Waals surface area contributed by atoms with Gasteiger partial charge in [0.2, 0.25) is 0 Å². The van der Waals surface area contributed by atoms with Crippen LogP contribution in [0.4, 0.5) is 0 Å². The first-order valence-corrected chi connectivity index (χ1v) is 5.53. The van der Waals surface area contributed by atoms with Gasteiger partial charge in [0.05, 0.1) is 6.17 Å². The molecule has 0 amide bonds. The minimum absolute atomic E-state index is 0.736. The molecule has 0 aromatic heterocycles. The Morgan fingerprint density at radius 2 is 2.00 bits per heavy atom. The number of hydrogen-bond acceptors (Lipinski definition) is 3. The molecule has 1 unspecified atom stereocenters. The summed E-state index contributed by atoms with van der Waals surface area (Å²) >= 11 is 0. The molecule has 3 heteroatoms. The summed E-state index contributed by atoms with van der Waals surface area (Å²) in [5, 5.41) is 3.46. The summed E-state index contributed by atoms with van der Waals surface area (Å²) in [7, 11) is 2.26. The van der Waals surface area contributed by atoms with Crippen molar-refractivity contribution in [2.45, 2.75) is 25.4 Å². The molecular weight excluding hydrogens is 162 g/mol. The van der Waals surface area contributed by atoms with Crippen LogP contribution in [-0.4, -0.2) is 55.7 Å². The van der Waals surface area contributed by atoms with E-state index in [1.165, 1.54) is 52.0 Å². The Morgan fingerprint density at radius 3 is 2.77 bits per heavy atom. The van der Waals surface area contributed by atoms with Crippen molar-refractivity contribution in [3.8, 4) is 0 Å². The molecule has 2 saturated heterocycles. The smallest absolute Gasteiger partial charge is 0.0620 e. The van der Waals surface area contributed by atoms with Crippen LogP contribution < -0.4 is 5.32 Å². The van der Waals surface area contributed by atoms with E-state index in [4.69, 9.17) is 0 Å². The van der Waals surface area contributed by atoms with E-state index in [0.29, 0.717) is 0 Å². The van der Waals surface area contributed by atoms with Crippen molar-refractivity contribution in [1.29, 1.82) is 0 Å². The Labute approximate surface area is 81.1 Å². The Kier molecular flexibility index (Phi) is 3.19. The van der Waals surface area contributed by atoms with Crippen LogP contribution in [-0.2, 0) is 0 Å². The van der Waals surface area contributed by atoms with E-state index in [0.717, 1.165) is 6.17 Å². The van der Waals surface area contributed by atoms with Gasteiger partial charge in [-0.2, -0.15) is 0 Å². The van der Waals surface area contributed by atoms with Crippen molar-refractivity contribution in [3.05, 3.63) is 0 Å². The molecule has 1 atom stereocenters. The number of nitrogens with one attached hydrogen (secondary N) is 1. The van der Waals surface area contributed by atoms with Crippen LogP contribution in [0.2, 0.25) is 0 Å². The summed E-state index contributed by atoms with van der Waals surface area (Å²) < 4.78 is 0. The van der Waals surface area contributed by atoms with Crippen molar-refractivity contribution in [3.63, 3.8) is 0 Å². The van der Waals surface area contributed by atoms with Crippen molar-refractivity contribution in [1.82, 2.24) is 15.1 Å². The molecule has 13 heavy (non-hydrogen) atoms. The Bertz CT molecular complexity index is 152. The van der Waals surface area contributed by atoms with Crippen molar-refractivity contribution >= 4 is 0 Å². The van der Waals surface area contributed by atoms with Crippen molar-refractivity contribution in [2.75, 3.05) is 39.8 Å². The second-order valence-corrected chi connectivity index (χ2v) is 4.24. The zero-order chi connectivity index (χ0) is 9.10. The van der Waals surface area contributed by atoms with Gasteiger partial charge < -0.3 is 5.32 Å². The van der Waals surface area contributed by atoms with Crippen LogP contribution in [0.3, 0.4) is 0 Å². The van der Waals surface area contributed by atoms with Gasteiger partial charge in [-0.3, -0.25) is 9.80 Å². The van der Waals surface area contributed by atoms with E-state index in [-0.39, 0.29) is 0 Å². The lowest BCUT2D eigenvalue weighted by atomic mass is 10.3. The molecular formula is C10H21N3. The van der Waals surface area contributed by atoms with E-state index in [2.05, 4.69) is 22.2 Å². The van der Waals surface area contributed by atoms with Gasteiger partial charge in [-0.1, -0.05) is 0 Å². The molecule has 2 heterocycles. The quantitative estimate of drug-likeness (QED) is 0.632. The van der Waals surface area contributed by atoms with Crippen LogP contribution in [0, 0.1) is 0 Å². The molecule has 0 bridgehead atoms. The van der Waals surface area contributed by atoms with Crippen LogP contribution in [0.25, 0.3) is 0 Å². The normalized spacial score (nSPS) is 33.5. The molecule has 2 rings (SSSR count). The average molecular weight is 183 g/mol. The van der Waals surface area contributed by atoms with Gasteiger partial charge in [0.15, 0.2) is 0 Å². The lowest BCUT2D eigenvalue weighted by molar-refractivity contribution is 0.100. The summed E-state index contributed by atoms with van der Waals surface area (Å²) in [4.78, 5) is 5.15. The van der Waals surface area contributed by atoms with Gasteiger partial charge in [0.25, 0.3) is 0 Å². The van der Waals surface area contributed by atoms with E-state index in [9.17, 15) is 0 Å². The van der Waals surface area contributed by atoms with E-state index >= 15 is 0 Å².